The lowest BCUT2D eigenvalue weighted by Crippen LogP contribution is -3.00. The van der Waals surface area contributed by atoms with Gasteiger partial charge in [-0.15, -0.1) is 0 Å². The van der Waals surface area contributed by atoms with E-state index < -0.39 is 0 Å². The molecule has 130 valence electrons. The van der Waals surface area contributed by atoms with Crippen LogP contribution in [0.15, 0.2) is 97.2 Å². The molecule has 1 heterocycles. The number of aromatic nitrogens is 1. The molecule has 1 aromatic heterocycles. The number of ether oxygens (including phenoxy) is 1. The second kappa shape index (κ2) is 8.50. The first kappa shape index (κ1) is 18.0. The summed E-state index contributed by atoms with van der Waals surface area (Å²) >= 11 is 0. The van der Waals surface area contributed by atoms with Crippen LogP contribution in [0.3, 0.4) is 0 Å². The smallest absolute Gasteiger partial charge is 0.212 e. The van der Waals surface area contributed by atoms with Crippen LogP contribution in [0.4, 0.5) is 0 Å². The van der Waals surface area contributed by atoms with E-state index in [1.807, 2.05) is 30.3 Å². The van der Waals surface area contributed by atoms with Crippen LogP contribution in [0.5, 0.6) is 5.75 Å². The molecule has 0 spiro atoms. The Bertz CT molecular complexity index is 980. The number of pyridine rings is 1. The van der Waals surface area contributed by atoms with Crippen molar-refractivity contribution in [3.05, 3.63) is 108 Å². The minimum absolute atomic E-state index is 0. The van der Waals surface area contributed by atoms with Crippen molar-refractivity contribution in [2.45, 2.75) is 13.2 Å². The minimum Gasteiger partial charge on any atom is -1.00 e. The highest BCUT2D eigenvalue weighted by molar-refractivity contribution is 5.74. The Morgan fingerprint density at radius 1 is 0.692 bits per heavy atom. The van der Waals surface area contributed by atoms with Crippen LogP contribution in [0.25, 0.3) is 10.9 Å². The van der Waals surface area contributed by atoms with Gasteiger partial charge in [0.2, 0.25) is 5.52 Å². The van der Waals surface area contributed by atoms with Crippen LogP contribution in [0, 0.1) is 0 Å². The SMILES string of the molecule is [Cl-].c1ccc(COc2ccccc2C[n+]2cccc3ccccc32)cc1. The van der Waals surface area contributed by atoms with Crippen LogP contribution in [0.2, 0.25) is 0 Å². The fourth-order valence-electron chi connectivity index (χ4n) is 3.05. The molecule has 0 fully saturated rings. The monoisotopic (exact) mass is 361 g/mol. The fraction of sp³-hybridized carbons (Fsp3) is 0.0870. The maximum Gasteiger partial charge on any atom is 0.212 e. The number of nitrogens with zero attached hydrogens (tertiary/aromatic N) is 1. The first-order chi connectivity index (χ1) is 12.4. The summed E-state index contributed by atoms with van der Waals surface area (Å²) in [6, 6.07) is 31.2. The Morgan fingerprint density at radius 3 is 2.27 bits per heavy atom. The van der Waals surface area contributed by atoms with Gasteiger partial charge in [-0.25, -0.2) is 0 Å². The summed E-state index contributed by atoms with van der Waals surface area (Å²) in [7, 11) is 0. The Hall–Kier alpha value is -2.84. The van der Waals surface area contributed by atoms with Crippen LogP contribution in [-0.2, 0) is 13.2 Å². The van der Waals surface area contributed by atoms with Gasteiger partial charge in [0.1, 0.15) is 12.4 Å². The third-order valence-corrected chi connectivity index (χ3v) is 4.34. The molecule has 0 saturated carbocycles. The van der Waals surface area contributed by atoms with Gasteiger partial charge in [0.15, 0.2) is 12.7 Å². The van der Waals surface area contributed by atoms with Crippen molar-refractivity contribution >= 4 is 10.9 Å². The first-order valence-corrected chi connectivity index (χ1v) is 8.52. The van der Waals surface area contributed by atoms with E-state index in [-0.39, 0.29) is 12.4 Å². The molecular weight excluding hydrogens is 342 g/mol. The van der Waals surface area contributed by atoms with E-state index in [0.29, 0.717) is 6.61 Å². The molecule has 0 bridgehead atoms. The average molecular weight is 362 g/mol. The van der Waals surface area contributed by atoms with Crippen molar-refractivity contribution in [2.75, 3.05) is 0 Å². The van der Waals surface area contributed by atoms with Crippen molar-refractivity contribution in [1.29, 1.82) is 0 Å². The largest absolute Gasteiger partial charge is 1.00 e. The molecule has 0 N–H and O–H groups in total. The molecule has 4 rings (SSSR count). The fourth-order valence-corrected chi connectivity index (χ4v) is 3.05. The van der Waals surface area contributed by atoms with Gasteiger partial charge in [-0.05, 0) is 29.8 Å². The number of halogens is 1. The average Bonchev–Trinajstić information content (AvgIpc) is 2.68. The van der Waals surface area contributed by atoms with Crippen molar-refractivity contribution < 1.29 is 21.7 Å². The lowest BCUT2D eigenvalue weighted by molar-refractivity contribution is -0.662. The third kappa shape index (κ3) is 4.04. The van der Waals surface area contributed by atoms with E-state index in [9.17, 15) is 0 Å². The Labute approximate surface area is 160 Å². The van der Waals surface area contributed by atoms with E-state index in [4.69, 9.17) is 4.74 Å². The highest BCUT2D eigenvalue weighted by Crippen LogP contribution is 2.20. The maximum absolute atomic E-state index is 6.09. The summed E-state index contributed by atoms with van der Waals surface area (Å²) in [5.74, 6) is 0.937. The molecule has 3 heteroatoms. The molecule has 0 aliphatic heterocycles. The van der Waals surface area contributed by atoms with Gasteiger partial charge in [-0.1, -0.05) is 54.6 Å². The second-order valence-electron chi connectivity index (χ2n) is 6.08. The molecule has 0 atom stereocenters. The quantitative estimate of drug-likeness (QED) is 0.494. The molecule has 26 heavy (non-hydrogen) atoms. The summed E-state index contributed by atoms with van der Waals surface area (Å²) in [5.41, 5.74) is 3.58. The summed E-state index contributed by atoms with van der Waals surface area (Å²) in [6.45, 7) is 1.37. The molecule has 4 aromatic rings. The lowest BCUT2D eigenvalue weighted by Gasteiger charge is -2.10. The minimum atomic E-state index is 0. The number of hydrogen-bond acceptors (Lipinski definition) is 1. The predicted octanol–water partition coefficient (Wildman–Crippen LogP) is 1.76. The van der Waals surface area contributed by atoms with Crippen molar-refractivity contribution in [3.63, 3.8) is 0 Å². The van der Waals surface area contributed by atoms with E-state index in [1.54, 1.807) is 0 Å². The van der Waals surface area contributed by atoms with E-state index >= 15 is 0 Å². The molecule has 0 aliphatic carbocycles. The van der Waals surface area contributed by atoms with E-state index in [1.165, 1.54) is 22.0 Å². The van der Waals surface area contributed by atoms with Gasteiger partial charge in [0.25, 0.3) is 0 Å². The molecule has 0 radical (unpaired) electrons. The molecular formula is C23H20ClNO. The Morgan fingerprint density at radius 2 is 1.38 bits per heavy atom. The van der Waals surface area contributed by atoms with Gasteiger partial charge in [0.05, 0.1) is 5.56 Å². The Balaban J connectivity index is 0.00000196. The topological polar surface area (TPSA) is 13.1 Å². The summed E-state index contributed by atoms with van der Waals surface area (Å²) in [5, 5.41) is 1.24. The Kier molecular flexibility index (Phi) is 5.88. The van der Waals surface area contributed by atoms with Crippen molar-refractivity contribution in [1.82, 2.24) is 0 Å². The lowest BCUT2D eigenvalue weighted by atomic mass is 10.1. The summed E-state index contributed by atoms with van der Waals surface area (Å²) < 4.78 is 8.36. The number of rotatable bonds is 5. The third-order valence-electron chi connectivity index (χ3n) is 4.34. The molecule has 0 saturated heterocycles. The molecule has 3 aromatic carbocycles. The van der Waals surface area contributed by atoms with Crippen LogP contribution < -0.4 is 21.7 Å². The molecule has 0 unspecified atom stereocenters. The number of hydrogen-bond donors (Lipinski definition) is 0. The predicted molar refractivity (Wildman–Crippen MR) is 100 cm³/mol. The number of fused-ring (bicyclic) bond motifs is 1. The number of benzene rings is 3. The van der Waals surface area contributed by atoms with Gasteiger partial charge < -0.3 is 17.1 Å². The zero-order valence-electron chi connectivity index (χ0n) is 14.4. The number of para-hydroxylation sites is 2. The molecule has 2 nitrogen and oxygen atoms in total. The van der Waals surface area contributed by atoms with Crippen molar-refractivity contribution in [3.8, 4) is 5.75 Å². The van der Waals surface area contributed by atoms with Crippen LogP contribution in [0.1, 0.15) is 11.1 Å². The molecule has 0 aliphatic rings. The highest BCUT2D eigenvalue weighted by atomic mass is 35.5. The standard InChI is InChI=1S/C23H20NO.ClH/c1-2-9-19(10-3-1)18-25-23-15-7-5-12-21(23)17-24-16-8-13-20-11-4-6-14-22(20)24;/h1-16H,17-18H2;1H/q+1;/p-1. The van der Waals surface area contributed by atoms with E-state index in [2.05, 4.69) is 71.4 Å². The normalized spacial score (nSPS) is 10.3. The van der Waals surface area contributed by atoms with Crippen LogP contribution >= 0.6 is 0 Å². The highest BCUT2D eigenvalue weighted by Gasteiger charge is 2.12. The summed E-state index contributed by atoms with van der Waals surface area (Å²) in [6.07, 6.45) is 2.12. The van der Waals surface area contributed by atoms with Crippen LogP contribution in [-0.4, -0.2) is 0 Å². The van der Waals surface area contributed by atoms with Crippen molar-refractivity contribution in [2.24, 2.45) is 0 Å². The van der Waals surface area contributed by atoms with E-state index in [0.717, 1.165) is 12.3 Å². The zero-order chi connectivity index (χ0) is 16.9. The zero-order valence-corrected chi connectivity index (χ0v) is 15.1. The molecule has 0 amide bonds. The summed E-state index contributed by atoms with van der Waals surface area (Å²) in [4.78, 5) is 0. The van der Waals surface area contributed by atoms with Gasteiger partial charge in [-0.2, -0.15) is 4.57 Å². The van der Waals surface area contributed by atoms with Gasteiger partial charge in [0, 0.05) is 17.5 Å². The first-order valence-electron chi connectivity index (χ1n) is 8.52. The second-order valence-corrected chi connectivity index (χ2v) is 6.08. The van der Waals surface area contributed by atoms with Gasteiger partial charge >= 0.3 is 0 Å². The van der Waals surface area contributed by atoms with Gasteiger partial charge in [-0.3, -0.25) is 0 Å². The maximum atomic E-state index is 6.09.